The normalized spacial score (nSPS) is 12.0. The summed E-state index contributed by atoms with van der Waals surface area (Å²) in [7, 11) is -0.0672. The molecule has 22 heavy (non-hydrogen) atoms. The van der Waals surface area contributed by atoms with Crippen molar-refractivity contribution in [1.29, 1.82) is 0 Å². The standard InChI is InChI=1S/C16H16N2O3S/c1-17(2)16(19)11-8-9-15-13(10-11)12-6-4-5-7-14(12)18(15)22(3,20)21/h4-10H,1-3H3. The van der Waals surface area contributed by atoms with E-state index in [9.17, 15) is 13.2 Å². The first-order valence-corrected chi connectivity index (χ1v) is 8.61. The molecule has 1 heterocycles. The second-order valence-electron chi connectivity index (χ2n) is 5.48. The Morgan fingerprint density at radius 2 is 1.64 bits per heavy atom. The summed E-state index contributed by atoms with van der Waals surface area (Å²) >= 11 is 0. The zero-order valence-corrected chi connectivity index (χ0v) is 13.4. The number of para-hydroxylation sites is 1. The van der Waals surface area contributed by atoms with Crippen LogP contribution in [0.5, 0.6) is 0 Å². The number of hydrogen-bond acceptors (Lipinski definition) is 3. The average Bonchev–Trinajstić information content (AvgIpc) is 2.79. The topological polar surface area (TPSA) is 59.4 Å². The molecular formula is C16H16N2O3S. The summed E-state index contributed by atoms with van der Waals surface area (Å²) in [5.41, 5.74) is 1.74. The molecule has 0 spiro atoms. The summed E-state index contributed by atoms with van der Waals surface area (Å²) < 4.78 is 25.6. The Bertz CT molecular complexity index is 1000. The van der Waals surface area contributed by atoms with Crippen LogP contribution in [-0.2, 0) is 10.0 Å². The van der Waals surface area contributed by atoms with E-state index in [-0.39, 0.29) is 5.91 Å². The van der Waals surface area contributed by atoms with E-state index in [1.54, 1.807) is 44.4 Å². The van der Waals surface area contributed by atoms with Crippen LogP contribution in [0.2, 0.25) is 0 Å². The minimum atomic E-state index is -3.44. The highest BCUT2D eigenvalue weighted by Gasteiger charge is 2.18. The van der Waals surface area contributed by atoms with Crippen LogP contribution in [0.3, 0.4) is 0 Å². The van der Waals surface area contributed by atoms with Crippen LogP contribution in [0, 0.1) is 0 Å². The molecule has 6 heteroatoms. The molecular weight excluding hydrogens is 300 g/mol. The van der Waals surface area contributed by atoms with Gasteiger partial charge >= 0.3 is 0 Å². The Kier molecular flexibility index (Phi) is 3.21. The zero-order chi connectivity index (χ0) is 16.1. The lowest BCUT2D eigenvalue weighted by Crippen LogP contribution is -2.21. The van der Waals surface area contributed by atoms with Gasteiger partial charge in [-0.1, -0.05) is 18.2 Å². The number of rotatable bonds is 2. The summed E-state index contributed by atoms with van der Waals surface area (Å²) in [5, 5.41) is 1.57. The zero-order valence-electron chi connectivity index (χ0n) is 12.6. The van der Waals surface area contributed by atoms with Gasteiger partial charge in [-0.15, -0.1) is 0 Å². The highest BCUT2D eigenvalue weighted by Crippen LogP contribution is 2.31. The van der Waals surface area contributed by atoms with Crippen LogP contribution in [0.25, 0.3) is 21.8 Å². The fourth-order valence-electron chi connectivity index (χ4n) is 2.69. The highest BCUT2D eigenvalue weighted by molar-refractivity contribution is 7.89. The van der Waals surface area contributed by atoms with Gasteiger partial charge in [-0.05, 0) is 24.3 Å². The highest BCUT2D eigenvalue weighted by atomic mass is 32.2. The van der Waals surface area contributed by atoms with Crippen molar-refractivity contribution in [2.45, 2.75) is 0 Å². The second kappa shape index (κ2) is 4.84. The molecule has 0 saturated heterocycles. The Morgan fingerprint density at radius 1 is 1.00 bits per heavy atom. The molecule has 0 fully saturated rings. The maximum absolute atomic E-state index is 12.1. The summed E-state index contributed by atoms with van der Waals surface area (Å²) in [5.74, 6) is -0.113. The van der Waals surface area contributed by atoms with Crippen LogP contribution in [-0.4, -0.2) is 43.5 Å². The van der Waals surface area contributed by atoms with E-state index in [0.717, 1.165) is 10.8 Å². The van der Waals surface area contributed by atoms with Gasteiger partial charge in [0, 0.05) is 30.4 Å². The van der Waals surface area contributed by atoms with Crippen molar-refractivity contribution in [3.8, 4) is 0 Å². The second-order valence-corrected chi connectivity index (χ2v) is 7.31. The van der Waals surface area contributed by atoms with E-state index >= 15 is 0 Å². The maximum Gasteiger partial charge on any atom is 0.253 e. The molecule has 0 atom stereocenters. The van der Waals surface area contributed by atoms with Crippen molar-refractivity contribution < 1.29 is 13.2 Å². The first-order valence-electron chi connectivity index (χ1n) is 6.76. The quantitative estimate of drug-likeness (QED) is 0.729. The molecule has 0 aliphatic heterocycles. The third kappa shape index (κ3) is 2.16. The number of aromatic nitrogens is 1. The summed E-state index contributed by atoms with van der Waals surface area (Å²) in [6, 6.07) is 12.4. The van der Waals surface area contributed by atoms with Gasteiger partial charge in [0.05, 0.1) is 17.3 Å². The van der Waals surface area contributed by atoms with Crippen molar-refractivity contribution in [1.82, 2.24) is 8.87 Å². The smallest absolute Gasteiger partial charge is 0.253 e. The lowest BCUT2D eigenvalue weighted by Gasteiger charge is -2.10. The third-order valence-corrected chi connectivity index (χ3v) is 4.67. The minimum absolute atomic E-state index is 0.113. The summed E-state index contributed by atoms with van der Waals surface area (Å²) in [6.45, 7) is 0. The Morgan fingerprint density at radius 3 is 2.27 bits per heavy atom. The number of nitrogens with zero attached hydrogens (tertiary/aromatic N) is 2. The molecule has 0 unspecified atom stereocenters. The van der Waals surface area contributed by atoms with Crippen LogP contribution in [0.1, 0.15) is 10.4 Å². The number of benzene rings is 2. The van der Waals surface area contributed by atoms with E-state index in [4.69, 9.17) is 0 Å². The van der Waals surface area contributed by atoms with Gasteiger partial charge in [-0.25, -0.2) is 12.4 Å². The predicted molar refractivity (Wildman–Crippen MR) is 87.7 cm³/mol. The maximum atomic E-state index is 12.1. The molecule has 114 valence electrons. The average molecular weight is 316 g/mol. The molecule has 1 amide bonds. The van der Waals surface area contributed by atoms with E-state index in [1.807, 2.05) is 12.1 Å². The van der Waals surface area contributed by atoms with Crippen LogP contribution >= 0.6 is 0 Å². The van der Waals surface area contributed by atoms with E-state index < -0.39 is 10.0 Å². The Hall–Kier alpha value is -2.34. The predicted octanol–water partition coefficient (Wildman–Crippen LogP) is 2.30. The molecule has 0 bridgehead atoms. The van der Waals surface area contributed by atoms with Crippen molar-refractivity contribution >= 4 is 37.7 Å². The monoisotopic (exact) mass is 316 g/mol. The number of fused-ring (bicyclic) bond motifs is 3. The van der Waals surface area contributed by atoms with Gasteiger partial charge in [-0.3, -0.25) is 4.79 Å². The van der Waals surface area contributed by atoms with Gasteiger partial charge in [0.1, 0.15) is 0 Å². The van der Waals surface area contributed by atoms with Crippen LogP contribution in [0.4, 0.5) is 0 Å². The third-order valence-electron chi connectivity index (χ3n) is 3.61. The Balaban J connectivity index is 2.44. The van der Waals surface area contributed by atoms with Crippen molar-refractivity contribution in [3.63, 3.8) is 0 Å². The molecule has 0 saturated carbocycles. The lowest BCUT2D eigenvalue weighted by atomic mass is 10.1. The Labute approximate surface area is 128 Å². The summed E-state index contributed by atoms with van der Waals surface area (Å²) in [6.07, 6.45) is 1.18. The SMILES string of the molecule is CN(C)C(=O)c1ccc2c(c1)c1ccccc1n2S(C)(=O)=O. The molecule has 3 aromatic rings. The molecule has 0 aliphatic rings. The minimum Gasteiger partial charge on any atom is -0.345 e. The van der Waals surface area contributed by atoms with Gasteiger partial charge in [-0.2, -0.15) is 0 Å². The van der Waals surface area contributed by atoms with Crippen LogP contribution < -0.4 is 0 Å². The molecule has 0 N–H and O–H groups in total. The molecule has 3 rings (SSSR count). The van der Waals surface area contributed by atoms with E-state index in [1.165, 1.54) is 15.1 Å². The number of carbonyl (C=O) groups excluding carboxylic acids is 1. The molecule has 2 aromatic carbocycles. The number of hydrogen-bond donors (Lipinski definition) is 0. The molecule has 5 nitrogen and oxygen atoms in total. The fraction of sp³-hybridized carbons (Fsp3) is 0.188. The van der Waals surface area contributed by atoms with Crippen LogP contribution in [0.15, 0.2) is 42.5 Å². The van der Waals surface area contributed by atoms with Crippen molar-refractivity contribution in [2.24, 2.45) is 0 Å². The van der Waals surface area contributed by atoms with E-state index in [0.29, 0.717) is 16.6 Å². The van der Waals surface area contributed by atoms with E-state index in [2.05, 4.69) is 0 Å². The fourth-order valence-corrected chi connectivity index (χ4v) is 3.72. The lowest BCUT2D eigenvalue weighted by molar-refractivity contribution is 0.0828. The van der Waals surface area contributed by atoms with Gasteiger partial charge in [0.2, 0.25) is 10.0 Å². The molecule has 0 radical (unpaired) electrons. The number of amides is 1. The van der Waals surface area contributed by atoms with Crippen molar-refractivity contribution in [2.75, 3.05) is 20.4 Å². The molecule has 1 aromatic heterocycles. The van der Waals surface area contributed by atoms with Gasteiger partial charge in [0.25, 0.3) is 5.91 Å². The summed E-state index contributed by atoms with van der Waals surface area (Å²) in [4.78, 5) is 13.6. The van der Waals surface area contributed by atoms with Crippen molar-refractivity contribution in [3.05, 3.63) is 48.0 Å². The van der Waals surface area contributed by atoms with Gasteiger partial charge in [0.15, 0.2) is 0 Å². The molecule has 0 aliphatic carbocycles. The number of carbonyl (C=O) groups is 1. The first kappa shape index (κ1) is 14.6. The first-order chi connectivity index (χ1) is 10.3. The van der Waals surface area contributed by atoms with Gasteiger partial charge < -0.3 is 4.90 Å². The largest absolute Gasteiger partial charge is 0.345 e.